The minimum atomic E-state index is 1.27. The van der Waals surface area contributed by atoms with Crippen molar-refractivity contribution in [1.82, 2.24) is 0 Å². The summed E-state index contributed by atoms with van der Waals surface area (Å²) in [5, 5.41) is 13.2. The molecule has 0 aliphatic carbocycles. The average Bonchev–Trinajstić information content (AvgIpc) is 3.66. The summed E-state index contributed by atoms with van der Waals surface area (Å²) in [4.78, 5) is 0. The first-order valence-electron chi connectivity index (χ1n) is 15.4. The van der Waals surface area contributed by atoms with Gasteiger partial charge in [-0.3, -0.25) is 0 Å². The summed E-state index contributed by atoms with van der Waals surface area (Å²) in [6, 6.07) is 52.3. The van der Waals surface area contributed by atoms with E-state index in [1.807, 2.05) is 22.7 Å². The first-order chi connectivity index (χ1) is 22.2. The zero-order valence-corrected chi connectivity index (χ0v) is 26.2. The van der Waals surface area contributed by atoms with Crippen molar-refractivity contribution in [3.05, 3.63) is 145 Å². The molecule has 0 bridgehead atoms. The molecule has 0 saturated heterocycles. The summed E-state index contributed by atoms with van der Waals surface area (Å²) in [5.41, 5.74) is 6.43. The van der Waals surface area contributed by atoms with Crippen LogP contribution in [0, 0.1) is 6.92 Å². The van der Waals surface area contributed by atoms with Gasteiger partial charge in [0, 0.05) is 40.3 Å². The molecule has 10 rings (SSSR count). The van der Waals surface area contributed by atoms with E-state index in [-0.39, 0.29) is 0 Å². The third-order valence-electron chi connectivity index (χ3n) is 9.52. The molecule has 0 atom stereocenters. The summed E-state index contributed by atoms with van der Waals surface area (Å²) in [6.45, 7) is 2.20. The van der Waals surface area contributed by atoms with Gasteiger partial charge in [0.05, 0.1) is 0 Å². The van der Waals surface area contributed by atoms with Crippen LogP contribution in [-0.4, -0.2) is 0 Å². The fraction of sp³-hybridized carbons (Fsp3) is 0.0233. The molecule has 10 aromatic rings. The smallest absolute Gasteiger partial charge is 0.0433 e. The van der Waals surface area contributed by atoms with Crippen LogP contribution in [0.5, 0.6) is 0 Å². The average molecular weight is 607 g/mol. The Morgan fingerprint density at radius 3 is 1.33 bits per heavy atom. The van der Waals surface area contributed by atoms with Gasteiger partial charge in [0.2, 0.25) is 0 Å². The third-order valence-corrected chi connectivity index (χ3v) is 12.0. The molecule has 0 saturated carbocycles. The lowest BCUT2D eigenvalue weighted by molar-refractivity contribution is 1.51. The lowest BCUT2D eigenvalue weighted by atomic mass is 9.89. The first kappa shape index (κ1) is 25.3. The zero-order chi connectivity index (χ0) is 29.6. The van der Waals surface area contributed by atoms with Crippen molar-refractivity contribution in [1.29, 1.82) is 0 Å². The Morgan fingerprint density at radius 2 is 0.778 bits per heavy atom. The van der Waals surface area contributed by atoms with Gasteiger partial charge in [0.1, 0.15) is 0 Å². The van der Waals surface area contributed by atoms with E-state index in [1.165, 1.54) is 100 Å². The molecule has 0 amide bonds. The van der Waals surface area contributed by atoms with E-state index in [4.69, 9.17) is 0 Å². The molecule has 0 spiro atoms. The lowest BCUT2D eigenvalue weighted by Gasteiger charge is -2.14. The highest BCUT2D eigenvalue weighted by molar-refractivity contribution is 7.26. The highest BCUT2D eigenvalue weighted by Gasteiger charge is 2.16. The van der Waals surface area contributed by atoms with Crippen LogP contribution in [-0.2, 0) is 0 Å². The minimum absolute atomic E-state index is 1.27. The number of aryl methyl sites for hydroxylation is 1. The van der Waals surface area contributed by atoms with Gasteiger partial charge >= 0.3 is 0 Å². The molecule has 0 nitrogen and oxygen atoms in total. The van der Waals surface area contributed by atoms with Crippen molar-refractivity contribution in [2.75, 3.05) is 0 Å². The fourth-order valence-electron chi connectivity index (χ4n) is 7.40. The van der Waals surface area contributed by atoms with Crippen molar-refractivity contribution < 1.29 is 0 Å². The lowest BCUT2D eigenvalue weighted by Crippen LogP contribution is -1.88. The summed E-state index contributed by atoms with van der Waals surface area (Å²) in [5.74, 6) is 0. The van der Waals surface area contributed by atoms with Gasteiger partial charge in [-0.25, -0.2) is 0 Å². The number of benzene rings is 8. The maximum atomic E-state index is 2.45. The summed E-state index contributed by atoms with van der Waals surface area (Å²) in [7, 11) is 0. The van der Waals surface area contributed by atoms with E-state index < -0.39 is 0 Å². The molecular weight excluding hydrogens is 581 g/mol. The molecule has 45 heavy (non-hydrogen) atoms. The van der Waals surface area contributed by atoms with Crippen LogP contribution in [0.4, 0.5) is 0 Å². The molecule has 0 aliphatic rings. The zero-order valence-electron chi connectivity index (χ0n) is 24.6. The number of hydrogen-bond donors (Lipinski definition) is 0. The van der Waals surface area contributed by atoms with Crippen LogP contribution in [0.2, 0.25) is 0 Å². The molecule has 210 valence electrons. The Bertz CT molecular complexity index is 2830. The van der Waals surface area contributed by atoms with Crippen LogP contribution in [0.1, 0.15) is 5.56 Å². The highest BCUT2D eigenvalue weighted by atomic mass is 32.1. The van der Waals surface area contributed by atoms with E-state index in [0.717, 1.165) is 0 Å². The van der Waals surface area contributed by atoms with Gasteiger partial charge in [0.25, 0.3) is 0 Å². The summed E-state index contributed by atoms with van der Waals surface area (Å²) in [6.07, 6.45) is 0. The number of fused-ring (bicyclic) bond motifs is 12. The Morgan fingerprint density at radius 1 is 0.333 bits per heavy atom. The van der Waals surface area contributed by atoms with Crippen LogP contribution in [0.3, 0.4) is 0 Å². The number of hydrogen-bond acceptors (Lipinski definition) is 2. The maximum absolute atomic E-state index is 2.45. The highest BCUT2D eigenvalue weighted by Crippen LogP contribution is 2.45. The van der Waals surface area contributed by atoms with E-state index in [0.29, 0.717) is 0 Å². The normalized spacial score (nSPS) is 12.1. The SMILES string of the molecule is Cc1ccc2c3ccc(-c4cccc5c4sc4ccccc45)cc3c3cc(-c4cccc5c4sc4ccccc45)ccc3c2c1. The quantitative estimate of drug-likeness (QED) is 0.172. The second-order valence-electron chi connectivity index (χ2n) is 12.1. The van der Waals surface area contributed by atoms with Gasteiger partial charge in [-0.15, -0.1) is 22.7 Å². The topological polar surface area (TPSA) is 0 Å². The molecule has 0 radical (unpaired) electrons. The maximum Gasteiger partial charge on any atom is 0.0433 e. The predicted molar refractivity (Wildman–Crippen MR) is 200 cm³/mol. The van der Waals surface area contributed by atoms with Crippen molar-refractivity contribution >= 4 is 95.3 Å². The Balaban J connectivity index is 1.28. The molecule has 8 aromatic carbocycles. The molecular formula is C43H26S2. The molecule has 0 fully saturated rings. The van der Waals surface area contributed by atoms with Gasteiger partial charge in [-0.05, 0) is 85.8 Å². The van der Waals surface area contributed by atoms with Crippen molar-refractivity contribution in [2.24, 2.45) is 0 Å². The van der Waals surface area contributed by atoms with Crippen molar-refractivity contribution in [2.45, 2.75) is 6.92 Å². The van der Waals surface area contributed by atoms with Gasteiger partial charge in [-0.2, -0.15) is 0 Å². The standard InChI is InChI=1S/C43H26S2/c1-25-16-19-30-31-20-17-26(28-10-6-12-35-33-8-2-4-14-40(33)44-42(28)35)23-38(31)39-24-27(18-21-32(39)37(30)22-25)29-11-7-13-36-34-9-3-5-15-41(34)45-43(29)36/h2-24H,1H3. The van der Waals surface area contributed by atoms with Crippen molar-refractivity contribution in [3.8, 4) is 22.3 Å². The van der Waals surface area contributed by atoms with Gasteiger partial charge < -0.3 is 0 Å². The minimum Gasteiger partial charge on any atom is -0.135 e. The molecule has 2 heteroatoms. The monoisotopic (exact) mass is 606 g/mol. The van der Waals surface area contributed by atoms with Crippen LogP contribution in [0.25, 0.3) is 94.9 Å². The number of rotatable bonds is 2. The van der Waals surface area contributed by atoms with E-state index in [2.05, 4.69) is 146 Å². The van der Waals surface area contributed by atoms with Gasteiger partial charge in [-0.1, -0.05) is 121 Å². The molecule has 2 aromatic heterocycles. The second kappa shape index (κ2) is 9.49. The fourth-order valence-corrected chi connectivity index (χ4v) is 9.88. The Labute approximate surface area is 268 Å². The summed E-state index contributed by atoms with van der Waals surface area (Å²) < 4.78 is 5.40. The van der Waals surface area contributed by atoms with E-state index in [9.17, 15) is 0 Å². The van der Waals surface area contributed by atoms with Crippen LogP contribution < -0.4 is 0 Å². The van der Waals surface area contributed by atoms with E-state index in [1.54, 1.807) is 0 Å². The number of thiophene rings is 2. The van der Waals surface area contributed by atoms with Crippen molar-refractivity contribution in [3.63, 3.8) is 0 Å². The first-order valence-corrected chi connectivity index (χ1v) is 17.1. The molecule has 0 N–H and O–H groups in total. The van der Waals surface area contributed by atoms with Crippen LogP contribution in [0.15, 0.2) is 140 Å². The molecule has 0 aliphatic heterocycles. The predicted octanol–water partition coefficient (Wildman–Crippen LogP) is 13.5. The van der Waals surface area contributed by atoms with Crippen LogP contribution >= 0.6 is 22.7 Å². The second-order valence-corrected chi connectivity index (χ2v) is 14.2. The Hall–Kier alpha value is -5.02. The molecule has 0 unspecified atom stereocenters. The largest absolute Gasteiger partial charge is 0.135 e. The van der Waals surface area contributed by atoms with Gasteiger partial charge in [0.15, 0.2) is 0 Å². The summed E-state index contributed by atoms with van der Waals surface area (Å²) >= 11 is 3.80. The third kappa shape index (κ3) is 3.70. The Kier molecular flexibility index (Phi) is 5.34. The molecule has 2 heterocycles. The van der Waals surface area contributed by atoms with E-state index >= 15 is 0 Å².